The fraction of sp³-hybridized carbons (Fsp3) is 0.257. The van der Waals surface area contributed by atoms with E-state index in [4.69, 9.17) is 13.9 Å². The van der Waals surface area contributed by atoms with Gasteiger partial charge in [-0.1, -0.05) is 56.2 Å². The largest absolute Gasteiger partial charge is 0.507 e. The van der Waals surface area contributed by atoms with Gasteiger partial charge in [0.25, 0.3) is 11.7 Å². The SMILES string of the molecule is CCCCCOc1ccc(C2C(=C(O)c3ccc(OCc4ccccc4C)cc3)C(=O)C(=O)N2Cc2ccco2)cc1. The molecule has 1 aliphatic rings. The third-order valence-corrected chi connectivity index (χ3v) is 7.44. The molecule has 1 fully saturated rings. The number of hydrogen-bond donors (Lipinski definition) is 1. The molecule has 1 aliphatic heterocycles. The Morgan fingerprint density at radius 1 is 0.881 bits per heavy atom. The maximum absolute atomic E-state index is 13.4. The summed E-state index contributed by atoms with van der Waals surface area (Å²) >= 11 is 0. The average molecular weight is 566 g/mol. The first kappa shape index (κ1) is 28.7. The van der Waals surface area contributed by atoms with Gasteiger partial charge in [-0.15, -0.1) is 0 Å². The zero-order chi connectivity index (χ0) is 29.5. The first-order valence-corrected chi connectivity index (χ1v) is 14.3. The lowest BCUT2D eigenvalue weighted by atomic mass is 9.95. The highest BCUT2D eigenvalue weighted by molar-refractivity contribution is 6.46. The first-order valence-electron chi connectivity index (χ1n) is 14.3. The molecule has 42 heavy (non-hydrogen) atoms. The van der Waals surface area contributed by atoms with Crippen molar-refractivity contribution >= 4 is 17.4 Å². The lowest BCUT2D eigenvalue weighted by Crippen LogP contribution is -2.29. The number of benzene rings is 3. The fourth-order valence-electron chi connectivity index (χ4n) is 5.05. The van der Waals surface area contributed by atoms with E-state index in [9.17, 15) is 14.7 Å². The minimum Gasteiger partial charge on any atom is -0.507 e. The molecular formula is C35H35NO6. The Morgan fingerprint density at radius 2 is 1.60 bits per heavy atom. The number of aryl methyl sites for hydroxylation is 1. The molecule has 1 unspecified atom stereocenters. The first-order chi connectivity index (χ1) is 20.5. The van der Waals surface area contributed by atoms with E-state index in [0.717, 1.165) is 30.4 Å². The van der Waals surface area contributed by atoms with Gasteiger partial charge < -0.3 is 23.9 Å². The van der Waals surface area contributed by atoms with E-state index in [1.165, 1.54) is 11.2 Å². The number of ketones is 1. The second-order valence-corrected chi connectivity index (χ2v) is 10.4. The Bertz CT molecular complexity index is 1540. The third-order valence-electron chi connectivity index (χ3n) is 7.44. The van der Waals surface area contributed by atoms with Crippen LogP contribution in [0.15, 0.2) is 101 Å². The van der Waals surface area contributed by atoms with Gasteiger partial charge in [0.15, 0.2) is 0 Å². The number of nitrogens with zero attached hydrogens (tertiary/aromatic N) is 1. The molecule has 1 aromatic heterocycles. The Kier molecular flexibility index (Phi) is 9.07. The van der Waals surface area contributed by atoms with Gasteiger partial charge in [0.2, 0.25) is 0 Å². The highest BCUT2D eigenvalue weighted by atomic mass is 16.5. The summed E-state index contributed by atoms with van der Waals surface area (Å²) in [7, 11) is 0. The van der Waals surface area contributed by atoms with Gasteiger partial charge in [-0.05, 0) is 78.6 Å². The summed E-state index contributed by atoms with van der Waals surface area (Å²) in [6.07, 6.45) is 4.70. The highest BCUT2D eigenvalue weighted by Crippen LogP contribution is 2.41. The van der Waals surface area contributed by atoms with Gasteiger partial charge in [0, 0.05) is 5.56 Å². The van der Waals surface area contributed by atoms with Crippen molar-refractivity contribution in [2.45, 2.75) is 52.3 Å². The number of likely N-dealkylation sites (tertiary alicyclic amines) is 1. The lowest BCUT2D eigenvalue weighted by molar-refractivity contribution is -0.140. The Labute approximate surface area is 246 Å². The Hall–Kier alpha value is -4.78. The van der Waals surface area contributed by atoms with Crippen LogP contribution < -0.4 is 9.47 Å². The molecule has 0 radical (unpaired) electrons. The van der Waals surface area contributed by atoms with E-state index in [-0.39, 0.29) is 17.9 Å². The molecule has 0 aliphatic carbocycles. The molecule has 0 spiro atoms. The summed E-state index contributed by atoms with van der Waals surface area (Å²) in [6, 6.07) is 24.9. The van der Waals surface area contributed by atoms with Gasteiger partial charge >= 0.3 is 0 Å². The molecule has 3 aromatic carbocycles. The number of furan rings is 1. The van der Waals surface area contributed by atoms with Crippen LogP contribution in [0.1, 0.15) is 60.2 Å². The number of amides is 1. The van der Waals surface area contributed by atoms with Crippen molar-refractivity contribution in [1.29, 1.82) is 0 Å². The number of aliphatic hydroxyl groups excluding tert-OH is 1. The number of carbonyl (C=O) groups excluding carboxylic acids is 2. The van der Waals surface area contributed by atoms with Crippen molar-refractivity contribution in [1.82, 2.24) is 4.90 Å². The molecule has 5 rings (SSSR count). The van der Waals surface area contributed by atoms with Crippen LogP contribution in [-0.4, -0.2) is 28.3 Å². The van der Waals surface area contributed by atoms with Gasteiger partial charge in [0.1, 0.15) is 29.6 Å². The van der Waals surface area contributed by atoms with Crippen LogP contribution >= 0.6 is 0 Å². The van der Waals surface area contributed by atoms with Gasteiger partial charge in [-0.2, -0.15) is 0 Å². The van der Waals surface area contributed by atoms with Crippen LogP contribution in [0.3, 0.4) is 0 Å². The second kappa shape index (κ2) is 13.3. The Morgan fingerprint density at radius 3 is 2.29 bits per heavy atom. The van der Waals surface area contributed by atoms with E-state index in [1.54, 1.807) is 36.4 Å². The topological polar surface area (TPSA) is 89.2 Å². The summed E-state index contributed by atoms with van der Waals surface area (Å²) in [5.74, 6) is 0.177. The van der Waals surface area contributed by atoms with Crippen molar-refractivity contribution < 1.29 is 28.6 Å². The molecule has 7 nitrogen and oxygen atoms in total. The zero-order valence-electron chi connectivity index (χ0n) is 23.9. The fourth-order valence-corrected chi connectivity index (χ4v) is 5.05. The maximum atomic E-state index is 13.4. The monoisotopic (exact) mass is 565 g/mol. The van der Waals surface area contributed by atoms with E-state index < -0.39 is 17.7 Å². The zero-order valence-corrected chi connectivity index (χ0v) is 23.9. The minimum atomic E-state index is -0.804. The van der Waals surface area contributed by atoms with E-state index in [2.05, 4.69) is 6.92 Å². The second-order valence-electron chi connectivity index (χ2n) is 10.4. The number of aliphatic hydroxyl groups is 1. The third kappa shape index (κ3) is 6.41. The molecule has 2 heterocycles. The standard InChI is InChI=1S/C35H35NO6/c1-3-4-7-20-40-28-16-12-25(13-17-28)32-31(34(38)35(39)36(32)22-30-11-8-21-41-30)33(37)26-14-18-29(19-15-26)42-23-27-10-6-5-9-24(27)2/h5-6,8-19,21,32,37H,3-4,7,20,22-23H2,1-2H3. The van der Waals surface area contributed by atoms with Gasteiger partial charge in [0.05, 0.1) is 31.0 Å². The van der Waals surface area contributed by atoms with Crippen molar-refractivity contribution in [2.75, 3.05) is 6.61 Å². The molecule has 1 amide bonds. The van der Waals surface area contributed by atoms with E-state index >= 15 is 0 Å². The Balaban J connectivity index is 1.42. The van der Waals surface area contributed by atoms with Crippen molar-refractivity contribution in [3.05, 3.63) is 125 Å². The lowest BCUT2D eigenvalue weighted by Gasteiger charge is -2.24. The van der Waals surface area contributed by atoms with Crippen LogP contribution in [0.2, 0.25) is 0 Å². The smallest absolute Gasteiger partial charge is 0.296 e. The number of Topliss-reactive ketones (excluding diaryl/α,β-unsaturated/α-hetero) is 1. The molecule has 4 aromatic rings. The van der Waals surface area contributed by atoms with Crippen molar-refractivity contribution in [3.63, 3.8) is 0 Å². The van der Waals surface area contributed by atoms with Gasteiger partial charge in [-0.3, -0.25) is 9.59 Å². The predicted octanol–water partition coefficient (Wildman–Crippen LogP) is 7.36. The summed E-state index contributed by atoms with van der Waals surface area (Å²) in [4.78, 5) is 28.1. The highest BCUT2D eigenvalue weighted by Gasteiger charge is 2.46. The van der Waals surface area contributed by atoms with Crippen molar-refractivity contribution in [2.24, 2.45) is 0 Å². The average Bonchev–Trinajstić information content (AvgIpc) is 3.62. The molecule has 1 N–H and O–H groups in total. The maximum Gasteiger partial charge on any atom is 0.296 e. The molecule has 0 bridgehead atoms. The summed E-state index contributed by atoms with van der Waals surface area (Å²) in [5.41, 5.74) is 3.34. The molecule has 1 atom stereocenters. The quantitative estimate of drug-likeness (QED) is 0.0836. The van der Waals surface area contributed by atoms with Crippen LogP contribution in [0.25, 0.3) is 5.76 Å². The van der Waals surface area contributed by atoms with Gasteiger partial charge in [-0.25, -0.2) is 0 Å². The van der Waals surface area contributed by atoms with Crippen molar-refractivity contribution in [3.8, 4) is 11.5 Å². The molecule has 1 saturated heterocycles. The molecular weight excluding hydrogens is 530 g/mol. The van der Waals surface area contributed by atoms with E-state index in [0.29, 0.717) is 41.6 Å². The van der Waals surface area contributed by atoms with Crippen LogP contribution in [0.5, 0.6) is 11.5 Å². The normalized spacial score (nSPS) is 16.1. The minimum absolute atomic E-state index is 0.0248. The van der Waals surface area contributed by atoms with E-state index in [1.807, 2.05) is 55.5 Å². The summed E-state index contributed by atoms with van der Waals surface area (Å²) < 4.78 is 17.3. The molecule has 216 valence electrons. The molecule has 7 heteroatoms. The van der Waals surface area contributed by atoms with Crippen LogP contribution in [0, 0.1) is 6.92 Å². The number of unbranched alkanes of at least 4 members (excludes halogenated alkanes) is 2. The number of hydrogen-bond acceptors (Lipinski definition) is 6. The summed E-state index contributed by atoms with van der Waals surface area (Å²) in [5, 5.41) is 11.4. The number of rotatable bonds is 12. The summed E-state index contributed by atoms with van der Waals surface area (Å²) in [6.45, 7) is 5.29. The van der Waals surface area contributed by atoms with Crippen LogP contribution in [0.4, 0.5) is 0 Å². The number of carbonyl (C=O) groups is 2. The number of ether oxygens (including phenoxy) is 2. The van der Waals surface area contributed by atoms with Crippen LogP contribution in [-0.2, 0) is 22.7 Å². The predicted molar refractivity (Wildman–Crippen MR) is 160 cm³/mol. The molecule has 0 saturated carbocycles.